The van der Waals surface area contributed by atoms with Crippen LogP contribution in [0.15, 0.2) is 24.3 Å². The number of hydrogen-bond acceptors (Lipinski definition) is 3. The SMILES string of the molecule is O=CC(=O)CCc1ccc(O)cc1. The molecule has 0 radical (unpaired) electrons. The molecule has 0 aliphatic heterocycles. The van der Waals surface area contributed by atoms with Crippen LogP contribution < -0.4 is 0 Å². The van der Waals surface area contributed by atoms with Crippen LogP contribution in [0.4, 0.5) is 0 Å². The number of aryl methyl sites for hydroxylation is 1. The highest BCUT2D eigenvalue weighted by molar-refractivity contribution is 6.24. The molecule has 0 saturated heterocycles. The zero-order chi connectivity index (χ0) is 9.68. The summed E-state index contributed by atoms with van der Waals surface area (Å²) in [7, 11) is 0. The van der Waals surface area contributed by atoms with Gasteiger partial charge in [-0.05, 0) is 24.1 Å². The van der Waals surface area contributed by atoms with Crippen molar-refractivity contribution in [2.45, 2.75) is 12.8 Å². The third-order valence-corrected chi connectivity index (χ3v) is 1.73. The number of phenolic OH excluding ortho intramolecular Hbond substituents is 1. The van der Waals surface area contributed by atoms with Gasteiger partial charge in [-0.25, -0.2) is 0 Å². The number of carbonyl (C=O) groups is 2. The first kappa shape index (κ1) is 9.45. The Hall–Kier alpha value is -1.64. The number of carbonyl (C=O) groups excluding carboxylic acids is 2. The summed E-state index contributed by atoms with van der Waals surface area (Å²) in [5, 5.41) is 8.96. The van der Waals surface area contributed by atoms with E-state index < -0.39 is 5.78 Å². The molecule has 0 unspecified atom stereocenters. The molecule has 1 N–H and O–H groups in total. The van der Waals surface area contributed by atoms with E-state index in [9.17, 15) is 9.59 Å². The first-order chi connectivity index (χ1) is 6.22. The van der Waals surface area contributed by atoms with Crippen molar-refractivity contribution < 1.29 is 14.7 Å². The van der Waals surface area contributed by atoms with E-state index in [1.165, 1.54) is 0 Å². The van der Waals surface area contributed by atoms with Gasteiger partial charge in [0.05, 0.1) is 0 Å². The lowest BCUT2D eigenvalue weighted by Gasteiger charge is -1.97. The molecular formula is C10H10O3. The van der Waals surface area contributed by atoms with Gasteiger partial charge in [0, 0.05) is 6.42 Å². The van der Waals surface area contributed by atoms with E-state index in [-0.39, 0.29) is 12.2 Å². The Morgan fingerprint density at radius 3 is 2.46 bits per heavy atom. The minimum Gasteiger partial charge on any atom is -0.508 e. The van der Waals surface area contributed by atoms with E-state index in [0.717, 1.165) is 5.56 Å². The van der Waals surface area contributed by atoms with Crippen molar-refractivity contribution >= 4 is 12.1 Å². The predicted octanol–water partition coefficient (Wildman–Crippen LogP) is 1.09. The van der Waals surface area contributed by atoms with Crippen LogP contribution in [-0.2, 0) is 16.0 Å². The number of Topliss-reactive ketones (excluding diaryl/α,β-unsaturated/α-hetero) is 1. The van der Waals surface area contributed by atoms with Gasteiger partial charge in [0.25, 0.3) is 0 Å². The summed E-state index contributed by atoms with van der Waals surface area (Å²) in [6.45, 7) is 0. The number of phenols is 1. The summed E-state index contributed by atoms with van der Waals surface area (Å²) in [6.07, 6.45) is 1.10. The van der Waals surface area contributed by atoms with E-state index in [1.54, 1.807) is 24.3 Å². The first-order valence-electron chi connectivity index (χ1n) is 3.98. The number of aldehydes is 1. The fourth-order valence-corrected chi connectivity index (χ4v) is 0.989. The molecule has 13 heavy (non-hydrogen) atoms. The fraction of sp³-hybridized carbons (Fsp3) is 0.200. The Kier molecular flexibility index (Phi) is 3.20. The molecular weight excluding hydrogens is 168 g/mol. The van der Waals surface area contributed by atoms with E-state index >= 15 is 0 Å². The highest BCUT2D eigenvalue weighted by Crippen LogP contribution is 2.10. The van der Waals surface area contributed by atoms with Crippen LogP contribution in [0.5, 0.6) is 5.75 Å². The van der Waals surface area contributed by atoms with Gasteiger partial charge < -0.3 is 5.11 Å². The predicted molar refractivity (Wildman–Crippen MR) is 47.5 cm³/mol. The third-order valence-electron chi connectivity index (χ3n) is 1.73. The van der Waals surface area contributed by atoms with Crippen molar-refractivity contribution in [1.82, 2.24) is 0 Å². The molecule has 0 fully saturated rings. The Morgan fingerprint density at radius 1 is 1.31 bits per heavy atom. The topological polar surface area (TPSA) is 54.4 Å². The second-order valence-corrected chi connectivity index (χ2v) is 2.75. The maximum absolute atomic E-state index is 10.6. The van der Waals surface area contributed by atoms with Crippen molar-refractivity contribution in [2.24, 2.45) is 0 Å². The first-order valence-corrected chi connectivity index (χ1v) is 3.98. The Labute approximate surface area is 76.0 Å². The molecule has 0 bridgehead atoms. The monoisotopic (exact) mass is 178 g/mol. The third kappa shape index (κ3) is 3.07. The normalized spacial score (nSPS) is 9.54. The van der Waals surface area contributed by atoms with Crippen molar-refractivity contribution in [1.29, 1.82) is 0 Å². The summed E-state index contributed by atoms with van der Waals surface area (Å²) in [5.41, 5.74) is 0.938. The highest BCUT2D eigenvalue weighted by atomic mass is 16.3. The van der Waals surface area contributed by atoms with Crippen LogP contribution in [-0.4, -0.2) is 17.2 Å². The highest BCUT2D eigenvalue weighted by Gasteiger charge is 1.99. The summed E-state index contributed by atoms with van der Waals surface area (Å²) in [6, 6.07) is 6.57. The summed E-state index contributed by atoms with van der Waals surface area (Å²) in [5.74, 6) is -0.196. The zero-order valence-electron chi connectivity index (χ0n) is 7.06. The summed E-state index contributed by atoms with van der Waals surface area (Å²) >= 11 is 0. The number of rotatable bonds is 4. The molecule has 0 aromatic heterocycles. The van der Waals surface area contributed by atoms with Gasteiger partial charge >= 0.3 is 0 Å². The van der Waals surface area contributed by atoms with E-state index in [1.807, 2.05) is 0 Å². The molecule has 68 valence electrons. The van der Waals surface area contributed by atoms with Crippen LogP contribution in [0.3, 0.4) is 0 Å². The fourth-order valence-electron chi connectivity index (χ4n) is 0.989. The lowest BCUT2D eigenvalue weighted by atomic mass is 10.1. The van der Waals surface area contributed by atoms with Gasteiger partial charge in [-0.2, -0.15) is 0 Å². The Bertz CT molecular complexity index is 300. The van der Waals surface area contributed by atoms with Gasteiger partial charge in [0.15, 0.2) is 12.1 Å². The standard InChI is InChI=1S/C10H10O3/c11-7-10(13)6-3-8-1-4-9(12)5-2-8/h1-2,4-5,7,12H,3,6H2. The van der Waals surface area contributed by atoms with E-state index in [2.05, 4.69) is 0 Å². The second-order valence-electron chi connectivity index (χ2n) is 2.75. The van der Waals surface area contributed by atoms with Crippen molar-refractivity contribution in [3.8, 4) is 5.75 Å². The van der Waals surface area contributed by atoms with Gasteiger partial charge in [-0.3, -0.25) is 9.59 Å². The minimum absolute atomic E-state index is 0.200. The molecule has 0 amide bonds. The molecule has 3 heteroatoms. The maximum Gasteiger partial charge on any atom is 0.195 e. The molecule has 0 heterocycles. The van der Waals surface area contributed by atoms with Crippen LogP contribution in [0.2, 0.25) is 0 Å². The van der Waals surface area contributed by atoms with Crippen molar-refractivity contribution in [3.63, 3.8) is 0 Å². The minimum atomic E-state index is -0.395. The largest absolute Gasteiger partial charge is 0.508 e. The van der Waals surface area contributed by atoms with Gasteiger partial charge in [-0.1, -0.05) is 12.1 Å². The van der Waals surface area contributed by atoms with E-state index in [0.29, 0.717) is 12.7 Å². The lowest BCUT2D eigenvalue weighted by Crippen LogP contribution is -2.00. The average molecular weight is 178 g/mol. The molecule has 0 aliphatic carbocycles. The van der Waals surface area contributed by atoms with Crippen LogP contribution in [0, 0.1) is 0 Å². The summed E-state index contributed by atoms with van der Waals surface area (Å²) in [4.78, 5) is 20.6. The number of benzene rings is 1. The van der Waals surface area contributed by atoms with Crippen molar-refractivity contribution in [3.05, 3.63) is 29.8 Å². The number of aromatic hydroxyl groups is 1. The van der Waals surface area contributed by atoms with Crippen LogP contribution in [0.1, 0.15) is 12.0 Å². The average Bonchev–Trinajstić information content (AvgIpc) is 2.16. The number of hydrogen-bond donors (Lipinski definition) is 1. The molecule has 0 saturated carbocycles. The van der Waals surface area contributed by atoms with Crippen molar-refractivity contribution in [2.75, 3.05) is 0 Å². The maximum atomic E-state index is 10.6. The zero-order valence-corrected chi connectivity index (χ0v) is 7.06. The summed E-state index contributed by atoms with van der Waals surface area (Å²) < 4.78 is 0. The molecule has 3 nitrogen and oxygen atoms in total. The Morgan fingerprint density at radius 2 is 1.92 bits per heavy atom. The Balaban J connectivity index is 2.50. The smallest absolute Gasteiger partial charge is 0.195 e. The second kappa shape index (κ2) is 4.40. The lowest BCUT2D eigenvalue weighted by molar-refractivity contribution is -0.129. The number of ketones is 1. The molecule has 0 atom stereocenters. The molecule has 1 aromatic carbocycles. The molecule has 1 rings (SSSR count). The molecule has 0 spiro atoms. The van der Waals surface area contributed by atoms with Gasteiger partial charge in [-0.15, -0.1) is 0 Å². The van der Waals surface area contributed by atoms with Gasteiger partial charge in [0.1, 0.15) is 5.75 Å². The quantitative estimate of drug-likeness (QED) is 0.554. The van der Waals surface area contributed by atoms with Crippen LogP contribution in [0.25, 0.3) is 0 Å². The van der Waals surface area contributed by atoms with Crippen LogP contribution >= 0.6 is 0 Å². The molecule has 1 aromatic rings. The molecule has 0 aliphatic rings. The van der Waals surface area contributed by atoms with Gasteiger partial charge in [0.2, 0.25) is 0 Å². The van der Waals surface area contributed by atoms with E-state index in [4.69, 9.17) is 5.11 Å².